The standard InChI is InChI=1S/C15H25FN2/c1-5-14(6-2)18(10-11(3)4)15-8-12(16)7-13(17)9-15/h7-9,11,14H,5-6,10,17H2,1-4H3. The Labute approximate surface area is 110 Å². The van der Waals surface area contributed by atoms with E-state index >= 15 is 0 Å². The van der Waals surface area contributed by atoms with Crippen molar-refractivity contribution in [1.29, 1.82) is 0 Å². The van der Waals surface area contributed by atoms with Gasteiger partial charge in [-0.25, -0.2) is 4.39 Å². The fourth-order valence-corrected chi connectivity index (χ4v) is 2.35. The van der Waals surface area contributed by atoms with E-state index in [1.165, 1.54) is 6.07 Å². The van der Waals surface area contributed by atoms with E-state index in [-0.39, 0.29) is 5.82 Å². The minimum atomic E-state index is -0.260. The molecule has 0 saturated carbocycles. The van der Waals surface area contributed by atoms with Crippen molar-refractivity contribution in [2.24, 2.45) is 5.92 Å². The number of nitrogens with zero attached hydrogens (tertiary/aromatic N) is 1. The maximum absolute atomic E-state index is 13.5. The van der Waals surface area contributed by atoms with Crippen molar-refractivity contribution in [1.82, 2.24) is 0 Å². The summed E-state index contributed by atoms with van der Waals surface area (Å²) in [4.78, 5) is 2.28. The molecule has 0 aliphatic heterocycles. The van der Waals surface area contributed by atoms with E-state index in [1.54, 1.807) is 6.07 Å². The molecule has 0 saturated heterocycles. The van der Waals surface area contributed by atoms with Crippen molar-refractivity contribution >= 4 is 11.4 Å². The largest absolute Gasteiger partial charge is 0.399 e. The van der Waals surface area contributed by atoms with Crippen LogP contribution in [0.25, 0.3) is 0 Å². The van der Waals surface area contributed by atoms with Gasteiger partial charge < -0.3 is 10.6 Å². The summed E-state index contributed by atoms with van der Waals surface area (Å²) >= 11 is 0. The van der Waals surface area contributed by atoms with Crippen LogP contribution in [0.3, 0.4) is 0 Å². The maximum atomic E-state index is 13.5. The molecule has 2 nitrogen and oxygen atoms in total. The highest BCUT2D eigenvalue weighted by Crippen LogP contribution is 2.25. The molecule has 1 aromatic carbocycles. The second kappa shape index (κ2) is 6.62. The van der Waals surface area contributed by atoms with Gasteiger partial charge in [0.15, 0.2) is 0 Å². The van der Waals surface area contributed by atoms with Crippen molar-refractivity contribution in [3.8, 4) is 0 Å². The molecule has 18 heavy (non-hydrogen) atoms. The highest BCUT2D eigenvalue weighted by atomic mass is 19.1. The Bertz CT molecular complexity index is 353. The summed E-state index contributed by atoms with van der Waals surface area (Å²) in [6, 6.07) is 5.25. The van der Waals surface area contributed by atoms with E-state index in [4.69, 9.17) is 5.73 Å². The number of nitrogens with two attached hydrogens (primary N) is 1. The van der Waals surface area contributed by atoms with E-state index in [9.17, 15) is 4.39 Å². The van der Waals surface area contributed by atoms with Crippen LogP contribution in [0.15, 0.2) is 18.2 Å². The highest BCUT2D eigenvalue weighted by molar-refractivity contribution is 5.57. The zero-order valence-electron chi connectivity index (χ0n) is 11.9. The third-order valence-electron chi connectivity index (χ3n) is 3.18. The van der Waals surface area contributed by atoms with Gasteiger partial charge in [-0.2, -0.15) is 0 Å². The summed E-state index contributed by atoms with van der Waals surface area (Å²) in [7, 11) is 0. The molecular weight excluding hydrogens is 227 g/mol. The zero-order chi connectivity index (χ0) is 13.7. The molecule has 0 bridgehead atoms. The fraction of sp³-hybridized carbons (Fsp3) is 0.600. The first kappa shape index (κ1) is 14.8. The van der Waals surface area contributed by atoms with Gasteiger partial charge in [0.2, 0.25) is 0 Å². The van der Waals surface area contributed by atoms with Crippen molar-refractivity contribution in [3.63, 3.8) is 0 Å². The second-order valence-corrected chi connectivity index (χ2v) is 5.26. The zero-order valence-corrected chi connectivity index (χ0v) is 11.9. The molecule has 0 spiro atoms. The molecule has 0 unspecified atom stereocenters. The lowest BCUT2D eigenvalue weighted by Crippen LogP contribution is -2.37. The lowest BCUT2D eigenvalue weighted by atomic mass is 10.1. The first-order valence-electron chi connectivity index (χ1n) is 6.80. The number of benzene rings is 1. The normalized spacial score (nSPS) is 11.3. The maximum Gasteiger partial charge on any atom is 0.127 e. The Morgan fingerprint density at radius 1 is 1.17 bits per heavy atom. The van der Waals surface area contributed by atoms with Gasteiger partial charge in [0, 0.05) is 24.0 Å². The Morgan fingerprint density at radius 3 is 2.22 bits per heavy atom. The van der Waals surface area contributed by atoms with Crippen LogP contribution in [0.2, 0.25) is 0 Å². The monoisotopic (exact) mass is 252 g/mol. The molecule has 3 heteroatoms. The smallest absolute Gasteiger partial charge is 0.127 e. The van der Waals surface area contributed by atoms with Crippen LogP contribution in [0.1, 0.15) is 40.5 Å². The van der Waals surface area contributed by atoms with Crippen LogP contribution in [-0.4, -0.2) is 12.6 Å². The molecule has 1 rings (SSSR count). The number of hydrogen-bond acceptors (Lipinski definition) is 2. The number of nitrogen functional groups attached to an aromatic ring is 1. The molecular formula is C15H25FN2. The van der Waals surface area contributed by atoms with Crippen LogP contribution in [0.4, 0.5) is 15.8 Å². The van der Waals surface area contributed by atoms with Gasteiger partial charge in [0.25, 0.3) is 0 Å². The number of rotatable bonds is 6. The van der Waals surface area contributed by atoms with Gasteiger partial charge in [0.1, 0.15) is 5.82 Å². The molecule has 102 valence electrons. The minimum absolute atomic E-state index is 0.260. The molecule has 0 aromatic heterocycles. The van der Waals surface area contributed by atoms with E-state index < -0.39 is 0 Å². The third kappa shape index (κ3) is 3.90. The summed E-state index contributed by atoms with van der Waals surface area (Å²) in [5, 5.41) is 0. The molecule has 0 fully saturated rings. The van der Waals surface area contributed by atoms with Crippen molar-refractivity contribution in [2.45, 2.75) is 46.6 Å². The van der Waals surface area contributed by atoms with Gasteiger partial charge in [-0.05, 0) is 37.0 Å². The fourth-order valence-electron chi connectivity index (χ4n) is 2.35. The summed E-state index contributed by atoms with van der Waals surface area (Å²) in [5.74, 6) is 0.278. The van der Waals surface area contributed by atoms with E-state index in [2.05, 4.69) is 32.6 Å². The second-order valence-electron chi connectivity index (χ2n) is 5.26. The molecule has 0 amide bonds. The first-order chi connectivity index (χ1) is 8.47. The predicted molar refractivity (Wildman–Crippen MR) is 77.4 cm³/mol. The highest BCUT2D eigenvalue weighted by Gasteiger charge is 2.17. The van der Waals surface area contributed by atoms with Gasteiger partial charge in [0.05, 0.1) is 0 Å². The summed E-state index contributed by atoms with van der Waals surface area (Å²) in [5.41, 5.74) is 7.13. The van der Waals surface area contributed by atoms with Gasteiger partial charge in [-0.3, -0.25) is 0 Å². The molecule has 2 N–H and O–H groups in total. The predicted octanol–water partition coefficient (Wildman–Crippen LogP) is 4.06. The van der Waals surface area contributed by atoms with Gasteiger partial charge in [-0.15, -0.1) is 0 Å². The number of halogens is 1. The van der Waals surface area contributed by atoms with Crippen LogP contribution < -0.4 is 10.6 Å². The van der Waals surface area contributed by atoms with Crippen molar-refractivity contribution in [2.75, 3.05) is 17.2 Å². The Hall–Kier alpha value is -1.25. The Balaban J connectivity index is 3.07. The quantitative estimate of drug-likeness (QED) is 0.774. The third-order valence-corrected chi connectivity index (χ3v) is 3.18. The topological polar surface area (TPSA) is 29.3 Å². The first-order valence-corrected chi connectivity index (χ1v) is 6.80. The summed E-state index contributed by atoms with van der Waals surface area (Å²) in [6.45, 7) is 9.62. The van der Waals surface area contributed by atoms with Crippen LogP contribution in [0, 0.1) is 11.7 Å². The lowest BCUT2D eigenvalue weighted by molar-refractivity contribution is 0.506. The van der Waals surface area contributed by atoms with E-state index in [0.717, 1.165) is 25.1 Å². The summed E-state index contributed by atoms with van der Waals surface area (Å²) in [6.07, 6.45) is 2.11. The van der Waals surface area contributed by atoms with Crippen LogP contribution in [0.5, 0.6) is 0 Å². The molecule has 0 aliphatic rings. The number of anilines is 2. The average Bonchev–Trinajstić information content (AvgIpc) is 2.27. The van der Waals surface area contributed by atoms with Gasteiger partial charge in [-0.1, -0.05) is 27.7 Å². The molecule has 0 radical (unpaired) electrons. The molecule has 0 aliphatic carbocycles. The van der Waals surface area contributed by atoms with Crippen LogP contribution >= 0.6 is 0 Å². The van der Waals surface area contributed by atoms with Crippen LogP contribution in [-0.2, 0) is 0 Å². The van der Waals surface area contributed by atoms with Crippen molar-refractivity contribution in [3.05, 3.63) is 24.0 Å². The molecule has 1 aromatic rings. The van der Waals surface area contributed by atoms with Crippen molar-refractivity contribution < 1.29 is 4.39 Å². The van der Waals surface area contributed by atoms with Gasteiger partial charge >= 0.3 is 0 Å². The Kier molecular flexibility index (Phi) is 5.45. The van der Waals surface area contributed by atoms with E-state index in [0.29, 0.717) is 17.6 Å². The average molecular weight is 252 g/mol. The minimum Gasteiger partial charge on any atom is -0.399 e. The molecule has 0 heterocycles. The number of hydrogen-bond donors (Lipinski definition) is 1. The molecule has 0 atom stereocenters. The SMILES string of the molecule is CCC(CC)N(CC(C)C)c1cc(N)cc(F)c1. The lowest BCUT2D eigenvalue weighted by Gasteiger charge is -2.34. The Morgan fingerprint density at radius 2 is 1.78 bits per heavy atom. The summed E-state index contributed by atoms with van der Waals surface area (Å²) < 4.78 is 13.5. The van der Waals surface area contributed by atoms with E-state index in [1.807, 2.05) is 6.07 Å².